The summed E-state index contributed by atoms with van der Waals surface area (Å²) >= 11 is 0. The molecule has 0 radical (unpaired) electrons. The van der Waals surface area contributed by atoms with Gasteiger partial charge in [0.05, 0.1) is 6.42 Å². The van der Waals surface area contributed by atoms with E-state index in [0.717, 1.165) is 18.4 Å². The first kappa shape index (κ1) is 12.1. The quantitative estimate of drug-likeness (QED) is 0.813. The predicted octanol–water partition coefficient (Wildman–Crippen LogP) is 2.46. The molecule has 92 valence electrons. The average molecular weight is 232 g/mol. The van der Waals surface area contributed by atoms with Crippen molar-refractivity contribution in [2.45, 2.75) is 51.0 Å². The lowest BCUT2D eigenvalue weighted by molar-refractivity contribution is -0.121. The molecule has 0 aliphatic heterocycles. The van der Waals surface area contributed by atoms with Crippen LogP contribution in [-0.2, 0) is 11.2 Å². The van der Waals surface area contributed by atoms with Gasteiger partial charge in [-0.3, -0.25) is 9.78 Å². The molecule has 3 heteroatoms. The molecule has 1 aromatic heterocycles. The number of hydrogen-bond donors (Lipinski definition) is 1. The topological polar surface area (TPSA) is 42.0 Å². The van der Waals surface area contributed by atoms with Crippen LogP contribution in [0.4, 0.5) is 0 Å². The summed E-state index contributed by atoms with van der Waals surface area (Å²) in [6.45, 7) is 0. The Morgan fingerprint density at radius 1 is 1.29 bits per heavy atom. The van der Waals surface area contributed by atoms with Crippen LogP contribution in [0.1, 0.15) is 44.1 Å². The zero-order valence-electron chi connectivity index (χ0n) is 10.2. The summed E-state index contributed by atoms with van der Waals surface area (Å²) in [7, 11) is 0. The predicted molar refractivity (Wildman–Crippen MR) is 67.6 cm³/mol. The van der Waals surface area contributed by atoms with Gasteiger partial charge in [-0.05, 0) is 24.5 Å². The van der Waals surface area contributed by atoms with Gasteiger partial charge in [0.1, 0.15) is 0 Å². The van der Waals surface area contributed by atoms with Gasteiger partial charge in [0.25, 0.3) is 0 Å². The van der Waals surface area contributed by atoms with Gasteiger partial charge in [-0.15, -0.1) is 0 Å². The molecule has 1 fully saturated rings. The van der Waals surface area contributed by atoms with Crippen molar-refractivity contribution >= 4 is 5.91 Å². The van der Waals surface area contributed by atoms with Gasteiger partial charge in [0, 0.05) is 18.4 Å². The lowest BCUT2D eigenvalue weighted by atomic mass is 10.1. The summed E-state index contributed by atoms with van der Waals surface area (Å²) in [6.07, 6.45) is 11.3. The van der Waals surface area contributed by atoms with Crippen LogP contribution < -0.4 is 5.32 Å². The molecule has 0 spiro atoms. The molecule has 0 atom stereocenters. The molecular weight excluding hydrogens is 212 g/mol. The van der Waals surface area contributed by atoms with Gasteiger partial charge in [0.15, 0.2) is 0 Å². The second-order valence-corrected chi connectivity index (χ2v) is 4.79. The monoisotopic (exact) mass is 232 g/mol. The first-order valence-electron chi connectivity index (χ1n) is 6.53. The van der Waals surface area contributed by atoms with Gasteiger partial charge in [-0.25, -0.2) is 0 Å². The highest BCUT2D eigenvalue weighted by atomic mass is 16.1. The summed E-state index contributed by atoms with van der Waals surface area (Å²) in [5.74, 6) is 0.130. The van der Waals surface area contributed by atoms with Crippen LogP contribution in [-0.4, -0.2) is 16.9 Å². The third-order valence-corrected chi connectivity index (χ3v) is 3.31. The standard InChI is InChI=1S/C14H20N2O/c17-14(10-12-6-5-9-15-11-12)16-13-7-3-1-2-4-8-13/h5-6,9,11,13H,1-4,7-8,10H2,(H,16,17). The Morgan fingerprint density at radius 2 is 2.06 bits per heavy atom. The molecule has 0 unspecified atom stereocenters. The number of carbonyl (C=O) groups excluding carboxylic acids is 1. The molecule has 2 rings (SSSR count). The lowest BCUT2D eigenvalue weighted by Crippen LogP contribution is -2.35. The Kier molecular flexibility index (Phi) is 4.54. The number of amides is 1. The molecule has 1 N–H and O–H groups in total. The number of hydrogen-bond acceptors (Lipinski definition) is 2. The van der Waals surface area contributed by atoms with Gasteiger partial charge >= 0.3 is 0 Å². The molecule has 1 saturated carbocycles. The third-order valence-electron chi connectivity index (χ3n) is 3.31. The van der Waals surface area contributed by atoms with E-state index in [2.05, 4.69) is 10.3 Å². The van der Waals surface area contributed by atoms with Crippen molar-refractivity contribution in [1.82, 2.24) is 10.3 Å². The van der Waals surface area contributed by atoms with E-state index < -0.39 is 0 Å². The molecule has 0 aromatic carbocycles. The van der Waals surface area contributed by atoms with Crippen molar-refractivity contribution in [2.75, 3.05) is 0 Å². The summed E-state index contributed by atoms with van der Waals surface area (Å²) in [4.78, 5) is 15.9. The molecule has 0 bridgehead atoms. The van der Waals surface area contributed by atoms with E-state index in [1.54, 1.807) is 12.4 Å². The summed E-state index contributed by atoms with van der Waals surface area (Å²) in [5, 5.41) is 3.14. The van der Waals surface area contributed by atoms with Crippen molar-refractivity contribution in [3.05, 3.63) is 30.1 Å². The van der Waals surface area contributed by atoms with Crippen LogP contribution in [0.3, 0.4) is 0 Å². The molecule has 1 amide bonds. The summed E-state index contributed by atoms with van der Waals surface area (Å²) in [5.41, 5.74) is 0.985. The van der Waals surface area contributed by atoms with Crippen molar-refractivity contribution in [2.24, 2.45) is 0 Å². The number of rotatable bonds is 3. The van der Waals surface area contributed by atoms with Crippen LogP contribution in [0, 0.1) is 0 Å². The molecule has 1 heterocycles. The molecular formula is C14H20N2O. The van der Waals surface area contributed by atoms with E-state index in [4.69, 9.17) is 0 Å². The van der Waals surface area contributed by atoms with Crippen molar-refractivity contribution in [1.29, 1.82) is 0 Å². The highest BCUT2D eigenvalue weighted by Crippen LogP contribution is 2.17. The van der Waals surface area contributed by atoms with Crippen LogP contribution >= 0.6 is 0 Å². The van der Waals surface area contributed by atoms with Crippen molar-refractivity contribution in [3.63, 3.8) is 0 Å². The Balaban J connectivity index is 1.80. The van der Waals surface area contributed by atoms with Gasteiger partial charge in [-0.1, -0.05) is 31.7 Å². The van der Waals surface area contributed by atoms with E-state index in [1.807, 2.05) is 12.1 Å². The number of aromatic nitrogens is 1. The minimum absolute atomic E-state index is 0.130. The zero-order chi connectivity index (χ0) is 11.9. The lowest BCUT2D eigenvalue weighted by Gasteiger charge is -2.16. The van der Waals surface area contributed by atoms with Gasteiger partial charge in [0.2, 0.25) is 5.91 Å². The fourth-order valence-corrected chi connectivity index (χ4v) is 2.39. The molecule has 1 aliphatic rings. The van der Waals surface area contributed by atoms with E-state index >= 15 is 0 Å². The third kappa shape index (κ3) is 4.17. The fourth-order valence-electron chi connectivity index (χ4n) is 2.39. The van der Waals surface area contributed by atoms with Crippen LogP contribution in [0.25, 0.3) is 0 Å². The Morgan fingerprint density at radius 3 is 2.71 bits per heavy atom. The molecule has 0 saturated heterocycles. The second kappa shape index (κ2) is 6.38. The number of nitrogens with one attached hydrogen (secondary N) is 1. The maximum Gasteiger partial charge on any atom is 0.224 e. The fraction of sp³-hybridized carbons (Fsp3) is 0.571. The van der Waals surface area contributed by atoms with E-state index in [0.29, 0.717) is 12.5 Å². The highest BCUT2D eigenvalue weighted by molar-refractivity contribution is 5.78. The molecule has 3 nitrogen and oxygen atoms in total. The van der Waals surface area contributed by atoms with E-state index in [1.165, 1.54) is 25.7 Å². The maximum atomic E-state index is 11.9. The maximum absolute atomic E-state index is 11.9. The van der Waals surface area contributed by atoms with Gasteiger partial charge < -0.3 is 5.32 Å². The first-order chi connectivity index (χ1) is 8.34. The highest BCUT2D eigenvalue weighted by Gasteiger charge is 2.14. The van der Waals surface area contributed by atoms with Crippen LogP contribution in [0.15, 0.2) is 24.5 Å². The first-order valence-corrected chi connectivity index (χ1v) is 6.53. The van der Waals surface area contributed by atoms with Crippen LogP contribution in [0.2, 0.25) is 0 Å². The number of pyridine rings is 1. The van der Waals surface area contributed by atoms with Gasteiger partial charge in [-0.2, -0.15) is 0 Å². The largest absolute Gasteiger partial charge is 0.353 e. The normalized spacial score (nSPS) is 17.4. The van der Waals surface area contributed by atoms with Crippen LogP contribution in [0.5, 0.6) is 0 Å². The van der Waals surface area contributed by atoms with E-state index in [9.17, 15) is 4.79 Å². The zero-order valence-corrected chi connectivity index (χ0v) is 10.2. The average Bonchev–Trinajstić information content (AvgIpc) is 2.59. The minimum atomic E-state index is 0.130. The summed E-state index contributed by atoms with van der Waals surface area (Å²) < 4.78 is 0. The molecule has 1 aliphatic carbocycles. The Labute approximate surface area is 103 Å². The Bertz CT molecular complexity index is 342. The van der Waals surface area contributed by atoms with Crippen molar-refractivity contribution < 1.29 is 4.79 Å². The van der Waals surface area contributed by atoms with E-state index in [-0.39, 0.29) is 5.91 Å². The Hall–Kier alpha value is -1.38. The minimum Gasteiger partial charge on any atom is -0.353 e. The number of carbonyl (C=O) groups is 1. The van der Waals surface area contributed by atoms with Crippen molar-refractivity contribution in [3.8, 4) is 0 Å². The summed E-state index contributed by atoms with van der Waals surface area (Å²) in [6, 6.07) is 4.20. The molecule has 1 aromatic rings. The molecule has 17 heavy (non-hydrogen) atoms. The number of nitrogens with zero attached hydrogens (tertiary/aromatic N) is 1. The smallest absolute Gasteiger partial charge is 0.224 e. The SMILES string of the molecule is O=C(Cc1cccnc1)NC1CCCCCC1. The second-order valence-electron chi connectivity index (χ2n) is 4.79.